The van der Waals surface area contributed by atoms with Crippen molar-refractivity contribution in [2.24, 2.45) is 0 Å². The molecule has 0 heterocycles. The van der Waals surface area contributed by atoms with Gasteiger partial charge in [0, 0.05) is 19.9 Å². The SMILES string of the molecule is CCCCCCCCCCCCCCCCCC(=O)O[C@H](CO)COP(=O)(O)OCCNC(C)=O. The fourth-order valence-electron chi connectivity index (χ4n) is 3.61. The number of aliphatic hydroxyl groups is 1. The van der Waals surface area contributed by atoms with Crippen LogP contribution in [0.1, 0.15) is 117 Å². The second kappa shape index (κ2) is 23.4. The van der Waals surface area contributed by atoms with Gasteiger partial charge in [0.25, 0.3) is 0 Å². The molecule has 10 heteroatoms. The van der Waals surface area contributed by atoms with Gasteiger partial charge in [0.05, 0.1) is 19.8 Å². The highest BCUT2D eigenvalue weighted by Gasteiger charge is 2.24. The Morgan fingerprint density at radius 1 is 0.829 bits per heavy atom. The van der Waals surface area contributed by atoms with Crippen LogP contribution in [0, 0.1) is 0 Å². The lowest BCUT2D eigenvalue weighted by molar-refractivity contribution is -0.153. The van der Waals surface area contributed by atoms with Gasteiger partial charge in [0.1, 0.15) is 6.10 Å². The van der Waals surface area contributed by atoms with E-state index in [1.165, 1.54) is 84.0 Å². The molecule has 0 saturated heterocycles. The summed E-state index contributed by atoms with van der Waals surface area (Å²) in [7, 11) is -4.37. The van der Waals surface area contributed by atoms with E-state index in [0.717, 1.165) is 12.8 Å². The maximum Gasteiger partial charge on any atom is 0.472 e. The van der Waals surface area contributed by atoms with Crippen molar-refractivity contribution >= 4 is 19.7 Å². The third-order valence-electron chi connectivity index (χ3n) is 5.64. The Morgan fingerprint density at radius 2 is 1.31 bits per heavy atom. The molecule has 0 bridgehead atoms. The highest BCUT2D eigenvalue weighted by atomic mass is 31.2. The second-order valence-corrected chi connectivity index (χ2v) is 10.5. The number of carbonyl (C=O) groups excluding carboxylic acids is 2. The zero-order chi connectivity index (χ0) is 26.2. The molecule has 0 saturated carbocycles. The van der Waals surface area contributed by atoms with Gasteiger partial charge in [-0.05, 0) is 6.42 Å². The molecular weight excluding hydrogens is 473 g/mol. The monoisotopic (exact) mass is 523 g/mol. The van der Waals surface area contributed by atoms with Crippen molar-refractivity contribution in [2.45, 2.75) is 123 Å². The molecule has 0 aromatic heterocycles. The predicted octanol–water partition coefficient (Wildman–Crippen LogP) is 5.42. The third kappa shape index (κ3) is 24.5. The van der Waals surface area contributed by atoms with Gasteiger partial charge in [0.15, 0.2) is 0 Å². The highest BCUT2D eigenvalue weighted by molar-refractivity contribution is 7.47. The smallest absolute Gasteiger partial charge is 0.457 e. The van der Waals surface area contributed by atoms with Crippen LogP contribution in [-0.2, 0) is 27.9 Å². The van der Waals surface area contributed by atoms with Crippen molar-refractivity contribution < 1.29 is 37.9 Å². The molecule has 0 spiro atoms. The van der Waals surface area contributed by atoms with Crippen LogP contribution < -0.4 is 5.32 Å². The number of phosphoric ester groups is 1. The van der Waals surface area contributed by atoms with Gasteiger partial charge in [0.2, 0.25) is 5.91 Å². The van der Waals surface area contributed by atoms with E-state index >= 15 is 0 Å². The number of esters is 1. The van der Waals surface area contributed by atoms with Crippen molar-refractivity contribution in [3.8, 4) is 0 Å². The molecular formula is C25H50NO8P. The summed E-state index contributed by atoms with van der Waals surface area (Å²) in [5.41, 5.74) is 0. The minimum Gasteiger partial charge on any atom is -0.457 e. The summed E-state index contributed by atoms with van der Waals surface area (Å²) < 4.78 is 26.3. The molecule has 0 aliphatic heterocycles. The van der Waals surface area contributed by atoms with Gasteiger partial charge in [-0.1, -0.05) is 96.8 Å². The largest absolute Gasteiger partial charge is 0.472 e. The summed E-state index contributed by atoms with van der Waals surface area (Å²) >= 11 is 0. The number of phosphoric acid groups is 1. The molecule has 2 atom stereocenters. The number of carbonyl (C=O) groups is 2. The standard InChI is InChI=1S/C25H50NO8P/c1-3-4-5-6-7-8-9-10-11-12-13-14-15-16-17-18-25(29)34-24(21-27)22-33-35(30,31)32-20-19-26-23(2)28/h24,27H,3-22H2,1-2H3,(H,26,28)(H,30,31)/t24-/m1/s1. The number of hydrogen-bond donors (Lipinski definition) is 3. The molecule has 0 aliphatic rings. The van der Waals surface area contributed by atoms with Crippen LogP contribution in [0.4, 0.5) is 0 Å². The molecule has 0 aromatic rings. The lowest BCUT2D eigenvalue weighted by Crippen LogP contribution is -2.27. The molecule has 9 nitrogen and oxygen atoms in total. The Balaban J connectivity index is 3.65. The van der Waals surface area contributed by atoms with Gasteiger partial charge in [-0.3, -0.25) is 18.6 Å². The number of unbranched alkanes of at least 4 members (excludes halogenated alkanes) is 14. The van der Waals surface area contributed by atoms with E-state index in [9.17, 15) is 24.2 Å². The van der Waals surface area contributed by atoms with Crippen LogP contribution in [0.3, 0.4) is 0 Å². The van der Waals surface area contributed by atoms with Crippen molar-refractivity contribution in [2.75, 3.05) is 26.4 Å². The summed E-state index contributed by atoms with van der Waals surface area (Å²) in [4.78, 5) is 32.3. The number of amides is 1. The fraction of sp³-hybridized carbons (Fsp3) is 0.920. The summed E-state index contributed by atoms with van der Waals surface area (Å²) in [5, 5.41) is 11.7. The van der Waals surface area contributed by atoms with Crippen molar-refractivity contribution in [3.05, 3.63) is 0 Å². The van der Waals surface area contributed by atoms with E-state index in [2.05, 4.69) is 12.2 Å². The molecule has 0 radical (unpaired) electrons. The first-order valence-corrected chi connectivity index (χ1v) is 15.0. The zero-order valence-corrected chi connectivity index (χ0v) is 22.9. The third-order valence-corrected chi connectivity index (χ3v) is 6.62. The van der Waals surface area contributed by atoms with E-state index < -0.39 is 33.1 Å². The molecule has 1 unspecified atom stereocenters. The maximum atomic E-state index is 12.0. The van der Waals surface area contributed by atoms with E-state index in [-0.39, 0.29) is 25.5 Å². The first-order chi connectivity index (χ1) is 16.8. The number of rotatable bonds is 25. The van der Waals surface area contributed by atoms with E-state index in [4.69, 9.17) is 13.8 Å². The van der Waals surface area contributed by atoms with Crippen molar-refractivity contribution in [1.29, 1.82) is 0 Å². The quantitative estimate of drug-likeness (QED) is 0.0821. The first-order valence-electron chi connectivity index (χ1n) is 13.5. The number of aliphatic hydroxyl groups excluding tert-OH is 1. The van der Waals surface area contributed by atoms with Crippen LogP contribution in [-0.4, -0.2) is 54.3 Å². The van der Waals surface area contributed by atoms with Crippen LogP contribution in [0.15, 0.2) is 0 Å². The molecule has 3 N–H and O–H groups in total. The van der Waals surface area contributed by atoms with E-state index in [0.29, 0.717) is 6.42 Å². The number of nitrogens with one attached hydrogen (secondary N) is 1. The summed E-state index contributed by atoms with van der Waals surface area (Å²) in [6, 6.07) is 0. The predicted molar refractivity (Wildman–Crippen MR) is 137 cm³/mol. The van der Waals surface area contributed by atoms with Crippen molar-refractivity contribution in [3.63, 3.8) is 0 Å². The van der Waals surface area contributed by atoms with Crippen LogP contribution >= 0.6 is 7.82 Å². The molecule has 35 heavy (non-hydrogen) atoms. The molecule has 0 fully saturated rings. The number of ether oxygens (including phenoxy) is 1. The minimum atomic E-state index is -4.37. The van der Waals surface area contributed by atoms with Gasteiger partial charge in [-0.25, -0.2) is 4.57 Å². The highest BCUT2D eigenvalue weighted by Crippen LogP contribution is 2.43. The maximum absolute atomic E-state index is 12.0. The molecule has 0 rings (SSSR count). The van der Waals surface area contributed by atoms with Gasteiger partial charge in [-0.2, -0.15) is 0 Å². The summed E-state index contributed by atoms with van der Waals surface area (Å²) in [5.74, 6) is -0.759. The zero-order valence-electron chi connectivity index (χ0n) is 22.0. The lowest BCUT2D eigenvalue weighted by atomic mass is 10.0. The van der Waals surface area contributed by atoms with E-state index in [1.807, 2.05) is 0 Å². The molecule has 208 valence electrons. The molecule has 0 aromatic carbocycles. The Bertz CT molecular complexity index is 576. The Labute approximate surface area is 212 Å². The molecule has 1 amide bonds. The average molecular weight is 524 g/mol. The van der Waals surface area contributed by atoms with E-state index in [1.54, 1.807) is 0 Å². The average Bonchev–Trinajstić information content (AvgIpc) is 2.82. The van der Waals surface area contributed by atoms with Gasteiger partial charge >= 0.3 is 13.8 Å². The van der Waals surface area contributed by atoms with Crippen LogP contribution in [0.5, 0.6) is 0 Å². The normalized spacial score (nSPS) is 13.8. The summed E-state index contributed by atoms with van der Waals surface area (Å²) in [6.07, 6.45) is 17.8. The molecule has 0 aliphatic carbocycles. The van der Waals surface area contributed by atoms with Gasteiger partial charge in [-0.15, -0.1) is 0 Å². The fourth-order valence-corrected chi connectivity index (χ4v) is 4.36. The lowest BCUT2D eigenvalue weighted by Gasteiger charge is -2.18. The second-order valence-electron chi connectivity index (χ2n) is 9.07. The number of hydrogen-bond acceptors (Lipinski definition) is 7. The Hall–Kier alpha value is -0.990. The Morgan fingerprint density at radius 3 is 1.77 bits per heavy atom. The van der Waals surface area contributed by atoms with Crippen LogP contribution in [0.25, 0.3) is 0 Å². The Kier molecular flexibility index (Phi) is 22.7. The van der Waals surface area contributed by atoms with Gasteiger partial charge < -0.3 is 20.1 Å². The van der Waals surface area contributed by atoms with Crippen LogP contribution in [0.2, 0.25) is 0 Å². The summed E-state index contributed by atoms with van der Waals surface area (Å²) in [6.45, 7) is 2.41. The van der Waals surface area contributed by atoms with Crippen molar-refractivity contribution in [1.82, 2.24) is 5.32 Å². The topological polar surface area (TPSA) is 131 Å². The first kappa shape index (κ1) is 34.0. The minimum absolute atomic E-state index is 0.0565.